The van der Waals surface area contributed by atoms with Gasteiger partial charge in [0.05, 0.1) is 18.1 Å². The summed E-state index contributed by atoms with van der Waals surface area (Å²) < 4.78 is 12.6. The molecule has 0 bridgehead atoms. The van der Waals surface area contributed by atoms with E-state index < -0.39 is 12.0 Å². The molecule has 0 saturated carbocycles. The van der Waals surface area contributed by atoms with Crippen LogP contribution in [0.25, 0.3) is 0 Å². The Morgan fingerprint density at radius 2 is 1.80 bits per heavy atom. The summed E-state index contributed by atoms with van der Waals surface area (Å²) in [7, 11) is 0. The smallest absolute Gasteiger partial charge is 0.156 e. The van der Waals surface area contributed by atoms with Gasteiger partial charge in [-0.3, -0.25) is 0 Å². The maximum atomic E-state index is 12.6. The van der Waals surface area contributed by atoms with E-state index >= 15 is 0 Å². The van der Waals surface area contributed by atoms with Crippen LogP contribution in [0, 0.1) is 34.4 Å². The fourth-order valence-corrected chi connectivity index (χ4v) is 1.19. The standard InChI is InChI=1S/C11H9FN2O/c12-10-3-1-8(2-4-10)5-9(6-13)11(15)7-14/h1-4,9,11,15H,5H2/t9-,11-/m0/s1. The monoisotopic (exact) mass is 204 g/mol. The molecule has 0 fully saturated rings. The van der Waals surface area contributed by atoms with Crippen molar-refractivity contribution in [3.05, 3.63) is 35.6 Å². The van der Waals surface area contributed by atoms with Gasteiger partial charge in [0.25, 0.3) is 0 Å². The van der Waals surface area contributed by atoms with Gasteiger partial charge in [0.2, 0.25) is 0 Å². The van der Waals surface area contributed by atoms with Gasteiger partial charge < -0.3 is 5.11 Å². The molecule has 0 radical (unpaired) electrons. The van der Waals surface area contributed by atoms with Gasteiger partial charge in [0.1, 0.15) is 5.82 Å². The molecule has 0 amide bonds. The van der Waals surface area contributed by atoms with Crippen LogP contribution in [-0.4, -0.2) is 11.2 Å². The van der Waals surface area contributed by atoms with E-state index in [4.69, 9.17) is 10.5 Å². The van der Waals surface area contributed by atoms with Gasteiger partial charge in [0.15, 0.2) is 6.10 Å². The molecule has 2 atom stereocenters. The van der Waals surface area contributed by atoms with Crippen LogP contribution in [0.4, 0.5) is 4.39 Å². The molecule has 1 N–H and O–H groups in total. The Kier molecular flexibility index (Phi) is 3.79. The van der Waals surface area contributed by atoms with Crippen LogP contribution < -0.4 is 0 Å². The van der Waals surface area contributed by atoms with Crippen molar-refractivity contribution in [1.82, 2.24) is 0 Å². The van der Waals surface area contributed by atoms with Crippen molar-refractivity contribution >= 4 is 0 Å². The van der Waals surface area contributed by atoms with E-state index in [9.17, 15) is 9.50 Å². The first-order valence-corrected chi connectivity index (χ1v) is 4.39. The lowest BCUT2D eigenvalue weighted by Gasteiger charge is -2.09. The molecular formula is C11H9FN2O. The molecule has 0 heterocycles. The first-order valence-electron chi connectivity index (χ1n) is 4.39. The van der Waals surface area contributed by atoms with E-state index in [2.05, 4.69) is 0 Å². The molecule has 0 aliphatic rings. The van der Waals surface area contributed by atoms with Crippen LogP contribution in [0.3, 0.4) is 0 Å². The molecular weight excluding hydrogens is 195 g/mol. The Morgan fingerprint density at radius 1 is 1.20 bits per heavy atom. The second kappa shape index (κ2) is 5.09. The predicted molar refractivity (Wildman–Crippen MR) is 50.8 cm³/mol. The average Bonchev–Trinajstić information content (AvgIpc) is 2.27. The number of hydrogen-bond donors (Lipinski definition) is 1. The Morgan fingerprint density at radius 3 is 2.27 bits per heavy atom. The Hall–Kier alpha value is -1.91. The maximum absolute atomic E-state index is 12.6. The Bertz CT molecular complexity index is 402. The second-order valence-electron chi connectivity index (χ2n) is 3.14. The number of nitrogens with zero attached hydrogens (tertiary/aromatic N) is 2. The minimum Gasteiger partial charge on any atom is -0.377 e. The summed E-state index contributed by atoms with van der Waals surface area (Å²) in [6.07, 6.45) is -1.06. The molecule has 1 rings (SSSR count). The fraction of sp³-hybridized carbons (Fsp3) is 0.273. The molecule has 4 heteroatoms. The first kappa shape index (κ1) is 11.2. The molecule has 1 aromatic carbocycles. The van der Waals surface area contributed by atoms with E-state index in [0.29, 0.717) is 0 Å². The van der Waals surface area contributed by atoms with Crippen LogP contribution in [0.2, 0.25) is 0 Å². The molecule has 1 aromatic rings. The quantitative estimate of drug-likeness (QED) is 0.756. The lowest BCUT2D eigenvalue weighted by atomic mass is 9.96. The lowest BCUT2D eigenvalue weighted by Crippen LogP contribution is -2.19. The van der Waals surface area contributed by atoms with E-state index in [-0.39, 0.29) is 12.2 Å². The topological polar surface area (TPSA) is 67.8 Å². The number of nitriles is 2. The average molecular weight is 204 g/mol. The van der Waals surface area contributed by atoms with Crippen molar-refractivity contribution in [3.8, 4) is 12.1 Å². The maximum Gasteiger partial charge on any atom is 0.156 e. The van der Waals surface area contributed by atoms with Gasteiger partial charge in [-0.2, -0.15) is 10.5 Å². The number of halogens is 1. The first-order chi connectivity index (χ1) is 7.17. The van der Waals surface area contributed by atoms with Gasteiger partial charge in [-0.25, -0.2) is 4.39 Å². The Balaban J connectivity index is 2.73. The van der Waals surface area contributed by atoms with Crippen LogP contribution in [0.5, 0.6) is 0 Å². The van der Waals surface area contributed by atoms with Gasteiger partial charge in [0, 0.05) is 0 Å². The minimum atomic E-state index is -1.31. The molecule has 0 saturated heterocycles. The number of rotatable bonds is 3. The van der Waals surface area contributed by atoms with Crippen molar-refractivity contribution in [2.45, 2.75) is 12.5 Å². The summed E-state index contributed by atoms with van der Waals surface area (Å²) in [6.45, 7) is 0. The van der Waals surface area contributed by atoms with Crippen LogP contribution in [0.15, 0.2) is 24.3 Å². The van der Waals surface area contributed by atoms with Gasteiger partial charge in [-0.05, 0) is 24.1 Å². The number of benzene rings is 1. The largest absolute Gasteiger partial charge is 0.377 e. The van der Waals surface area contributed by atoms with E-state index in [0.717, 1.165) is 5.56 Å². The van der Waals surface area contributed by atoms with Crippen molar-refractivity contribution in [2.24, 2.45) is 5.92 Å². The van der Waals surface area contributed by atoms with Crippen molar-refractivity contribution in [2.75, 3.05) is 0 Å². The molecule has 76 valence electrons. The highest BCUT2D eigenvalue weighted by Gasteiger charge is 2.18. The summed E-state index contributed by atoms with van der Waals surface area (Å²) in [4.78, 5) is 0. The van der Waals surface area contributed by atoms with E-state index in [1.807, 2.05) is 6.07 Å². The zero-order chi connectivity index (χ0) is 11.3. The molecule has 15 heavy (non-hydrogen) atoms. The van der Waals surface area contributed by atoms with E-state index in [1.54, 1.807) is 6.07 Å². The minimum absolute atomic E-state index is 0.242. The van der Waals surface area contributed by atoms with Crippen LogP contribution in [0.1, 0.15) is 5.56 Å². The molecule has 0 spiro atoms. The summed E-state index contributed by atoms with van der Waals surface area (Å²) in [5.74, 6) is -1.13. The fourth-order valence-electron chi connectivity index (χ4n) is 1.19. The molecule has 3 nitrogen and oxygen atoms in total. The van der Waals surface area contributed by atoms with Crippen LogP contribution >= 0.6 is 0 Å². The van der Waals surface area contributed by atoms with Crippen LogP contribution in [-0.2, 0) is 6.42 Å². The highest BCUT2D eigenvalue weighted by Crippen LogP contribution is 2.12. The molecule has 0 unspecified atom stereocenters. The normalized spacial score (nSPS) is 13.6. The summed E-state index contributed by atoms with van der Waals surface area (Å²) in [5.41, 5.74) is 0.720. The number of hydrogen-bond acceptors (Lipinski definition) is 3. The number of aliphatic hydroxyl groups excluding tert-OH is 1. The third-order valence-electron chi connectivity index (χ3n) is 2.05. The van der Waals surface area contributed by atoms with Gasteiger partial charge in [-0.1, -0.05) is 12.1 Å². The van der Waals surface area contributed by atoms with Crippen molar-refractivity contribution in [1.29, 1.82) is 10.5 Å². The third-order valence-corrected chi connectivity index (χ3v) is 2.05. The summed E-state index contributed by atoms with van der Waals surface area (Å²) in [5, 5.41) is 26.3. The molecule has 0 aliphatic carbocycles. The summed E-state index contributed by atoms with van der Waals surface area (Å²) >= 11 is 0. The van der Waals surface area contributed by atoms with Gasteiger partial charge in [-0.15, -0.1) is 0 Å². The third kappa shape index (κ3) is 3.05. The summed E-state index contributed by atoms with van der Waals surface area (Å²) in [6, 6.07) is 9.08. The van der Waals surface area contributed by atoms with Crippen molar-refractivity contribution < 1.29 is 9.50 Å². The highest BCUT2D eigenvalue weighted by atomic mass is 19.1. The second-order valence-corrected chi connectivity index (χ2v) is 3.14. The predicted octanol–water partition coefficient (Wildman–Crippen LogP) is 1.39. The van der Waals surface area contributed by atoms with E-state index in [1.165, 1.54) is 24.3 Å². The van der Waals surface area contributed by atoms with Gasteiger partial charge >= 0.3 is 0 Å². The lowest BCUT2D eigenvalue weighted by molar-refractivity contribution is 0.187. The zero-order valence-corrected chi connectivity index (χ0v) is 7.89. The molecule has 0 aromatic heterocycles. The highest BCUT2D eigenvalue weighted by molar-refractivity contribution is 5.19. The number of aliphatic hydroxyl groups is 1. The molecule has 0 aliphatic heterocycles. The SMILES string of the molecule is N#C[C@H](Cc1ccc(F)cc1)[C@@H](O)C#N. The zero-order valence-electron chi connectivity index (χ0n) is 7.89. The van der Waals surface area contributed by atoms with Crippen molar-refractivity contribution in [3.63, 3.8) is 0 Å². The Labute approximate surface area is 87.0 Å².